The van der Waals surface area contributed by atoms with Gasteiger partial charge in [-0.05, 0) is 47.4 Å². The fourth-order valence-corrected chi connectivity index (χ4v) is 5.75. The van der Waals surface area contributed by atoms with Crippen LogP contribution in [0.2, 0.25) is 0 Å². The lowest BCUT2D eigenvalue weighted by molar-refractivity contribution is -0.122. The number of carbonyl (C=O) groups excluding carboxylic acids is 2. The van der Waals surface area contributed by atoms with E-state index in [1.165, 1.54) is 23.5 Å². The highest BCUT2D eigenvalue weighted by Crippen LogP contribution is 2.39. The van der Waals surface area contributed by atoms with Gasteiger partial charge < -0.3 is 20.6 Å². The Bertz CT molecular complexity index is 1250. The normalized spacial score (nSPS) is 19.3. The van der Waals surface area contributed by atoms with E-state index in [9.17, 15) is 19.1 Å². The largest absolute Gasteiger partial charge is 0.392 e. The number of aliphatic hydroxyl groups excluding tert-OH is 1. The van der Waals surface area contributed by atoms with Crippen LogP contribution in [0, 0.1) is 5.82 Å². The van der Waals surface area contributed by atoms with E-state index in [4.69, 9.17) is 0 Å². The number of benzene rings is 2. The van der Waals surface area contributed by atoms with Crippen LogP contribution < -0.4 is 10.6 Å². The molecule has 35 heavy (non-hydrogen) atoms. The van der Waals surface area contributed by atoms with Gasteiger partial charge in [-0.3, -0.25) is 9.59 Å². The average Bonchev–Trinajstić information content (AvgIpc) is 3.58. The van der Waals surface area contributed by atoms with E-state index in [-0.39, 0.29) is 11.8 Å². The van der Waals surface area contributed by atoms with Gasteiger partial charge in [0.25, 0.3) is 0 Å². The van der Waals surface area contributed by atoms with Crippen molar-refractivity contribution >= 4 is 28.8 Å². The van der Waals surface area contributed by atoms with Gasteiger partial charge in [0, 0.05) is 55.4 Å². The number of anilines is 1. The van der Waals surface area contributed by atoms with Crippen molar-refractivity contribution in [1.82, 2.24) is 15.2 Å². The van der Waals surface area contributed by atoms with E-state index in [0.29, 0.717) is 54.3 Å². The Kier molecular flexibility index (Phi) is 6.64. The van der Waals surface area contributed by atoms with Crippen LogP contribution >= 0.6 is 11.3 Å². The van der Waals surface area contributed by atoms with Crippen LogP contribution in [-0.2, 0) is 16.0 Å². The fourth-order valence-electron chi connectivity index (χ4n) is 5.12. The Morgan fingerprint density at radius 1 is 1.31 bits per heavy atom. The number of aromatic nitrogens is 1. The van der Waals surface area contributed by atoms with Crippen LogP contribution in [0.15, 0.2) is 48.0 Å². The molecule has 0 aliphatic carbocycles. The molecule has 3 heterocycles. The SMILES string of the molecule is CNC(=O)C(c1ccc2c(c1)NC(=O)C2)[C@H](CN1CC[C@H](O)C1)c1cc(F)cc(-c2nccs2)c1. The first kappa shape index (κ1) is 23.6. The van der Waals surface area contributed by atoms with Crippen molar-refractivity contribution < 1.29 is 19.1 Å². The minimum atomic E-state index is -0.633. The maximum absolute atomic E-state index is 14.9. The smallest absolute Gasteiger partial charge is 0.228 e. The van der Waals surface area contributed by atoms with Crippen LogP contribution in [0.4, 0.5) is 10.1 Å². The van der Waals surface area contributed by atoms with Gasteiger partial charge in [0.15, 0.2) is 0 Å². The predicted molar refractivity (Wildman–Crippen MR) is 133 cm³/mol. The first-order chi connectivity index (χ1) is 16.9. The van der Waals surface area contributed by atoms with Gasteiger partial charge in [-0.2, -0.15) is 0 Å². The molecule has 2 amide bonds. The molecule has 5 rings (SSSR count). The summed E-state index contributed by atoms with van der Waals surface area (Å²) in [6.07, 6.45) is 2.24. The number of aliphatic hydroxyl groups is 1. The van der Waals surface area contributed by atoms with Gasteiger partial charge in [-0.1, -0.05) is 12.1 Å². The number of likely N-dealkylation sites (tertiary alicyclic amines) is 1. The summed E-state index contributed by atoms with van der Waals surface area (Å²) in [6.45, 7) is 1.68. The number of rotatable bonds is 7. The molecule has 0 spiro atoms. The van der Waals surface area contributed by atoms with Crippen LogP contribution in [-0.4, -0.2) is 59.6 Å². The molecule has 9 heteroatoms. The predicted octanol–water partition coefficient (Wildman–Crippen LogP) is 3.12. The molecule has 2 aliphatic rings. The summed E-state index contributed by atoms with van der Waals surface area (Å²) >= 11 is 1.43. The lowest BCUT2D eigenvalue weighted by Crippen LogP contribution is -2.36. The molecule has 182 valence electrons. The Morgan fingerprint density at radius 2 is 2.17 bits per heavy atom. The molecule has 2 aliphatic heterocycles. The van der Waals surface area contributed by atoms with E-state index in [0.717, 1.165) is 11.1 Å². The van der Waals surface area contributed by atoms with Crippen molar-refractivity contribution in [3.8, 4) is 10.6 Å². The number of carbonyl (C=O) groups is 2. The molecule has 3 aromatic rings. The standard InChI is InChI=1S/C26H27FN4O3S/c1-28-25(34)24(16-3-2-15-12-23(33)30-22(15)11-16)21(14-31-6-4-20(32)13-31)17-8-18(10-19(27)9-17)26-29-5-7-35-26/h2-3,5,7-11,20-21,24,32H,4,6,12-14H2,1H3,(H,28,34)(H,30,33)/t20-,21+,24?/m0/s1. The zero-order valence-corrected chi connectivity index (χ0v) is 20.1. The van der Waals surface area contributed by atoms with Crippen molar-refractivity contribution in [1.29, 1.82) is 0 Å². The van der Waals surface area contributed by atoms with Crippen LogP contribution in [0.3, 0.4) is 0 Å². The summed E-state index contributed by atoms with van der Waals surface area (Å²) in [5.74, 6) is -1.69. The molecule has 2 aromatic carbocycles. The van der Waals surface area contributed by atoms with Crippen molar-refractivity contribution in [2.75, 3.05) is 32.0 Å². The average molecular weight is 495 g/mol. The highest BCUT2D eigenvalue weighted by atomic mass is 32.1. The van der Waals surface area contributed by atoms with Gasteiger partial charge in [0.1, 0.15) is 10.8 Å². The molecule has 3 N–H and O–H groups in total. The lowest BCUT2D eigenvalue weighted by Gasteiger charge is -2.31. The molecule has 1 aromatic heterocycles. The maximum atomic E-state index is 14.9. The third-order valence-electron chi connectivity index (χ3n) is 6.78. The van der Waals surface area contributed by atoms with Gasteiger partial charge in [-0.25, -0.2) is 9.37 Å². The number of thiazole rings is 1. The molecule has 0 saturated carbocycles. The molecule has 1 saturated heterocycles. The van der Waals surface area contributed by atoms with Gasteiger partial charge in [0.2, 0.25) is 11.8 Å². The second-order valence-electron chi connectivity index (χ2n) is 9.15. The lowest BCUT2D eigenvalue weighted by atomic mass is 9.79. The molecule has 1 unspecified atom stereocenters. The Morgan fingerprint density at radius 3 is 2.89 bits per heavy atom. The van der Waals surface area contributed by atoms with E-state index >= 15 is 0 Å². The zero-order valence-electron chi connectivity index (χ0n) is 19.3. The topological polar surface area (TPSA) is 94.6 Å². The highest BCUT2D eigenvalue weighted by molar-refractivity contribution is 7.13. The van der Waals surface area contributed by atoms with Crippen LogP contribution in [0.25, 0.3) is 10.6 Å². The number of nitrogens with zero attached hydrogens (tertiary/aromatic N) is 2. The van der Waals surface area contributed by atoms with E-state index in [1.807, 2.05) is 29.6 Å². The van der Waals surface area contributed by atoms with Gasteiger partial charge in [-0.15, -0.1) is 11.3 Å². The number of hydrogen-bond donors (Lipinski definition) is 3. The maximum Gasteiger partial charge on any atom is 0.228 e. The van der Waals surface area contributed by atoms with Crippen LogP contribution in [0.5, 0.6) is 0 Å². The zero-order chi connectivity index (χ0) is 24.5. The number of amides is 2. The quantitative estimate of drug-likeness (QED) is 0.469. The first-order valence-corrected chi connectivity index (χ1v) is 12.5. The van der Waals surface area contributed by atoms with Crippen molar-refractivity contribution in [3.05, 3.63) is 70.5 Å². The Labute approximate surface area is 207 Å². The van der Waals surface area contributed by atoms with E-state index in [1.54, 1.807) is 13.2 Å². The van der Waals surface area contributed by atoms with Crippen molar-refractivity contribution in [3.63, 3.8) is 0 Å². The molecule has 0 bridgehead atoms. The van der Waals surface area contributed by atoms with E-state index < -0.39 is 23.8 Å². The number of β-amino-alcohol motifs (C(OH)–C–C–N with tert-alkyl or cyclic N) is 1. The van der Waals surface area contributed by atoms with Gasteiger partial charge >= 0.3 is 0 Å². The molecular weight excluding hydrogens is 467 g/mol. The number of nitrogens with one attached hydrogen (secondary N) is 2. The summed E-state index contributed by atoms with van der Waals surface area (Å²) in [5.41, 5.74) is 3.70. The Balaban J connectivity index is 1.60. The second-order valence-corrected chi connectivity index (χ2v) is 10.0. The highest BCUT2D eigenvalue weighted by Gasteiger charge is 2.35. The summed E-state index contributed by atoms with van der Waals surface area (Å²) in [5, 5.41) is 18.3. The molecule has 0 radical (unpaired) electrons. The summed E-state index contributed by atoms with van der Waals surface area (Å²) in [7, 11) is 1.59. The summed E-state index contributed by atoms with van der Waals surface area (Å²) < 4.78 is 14.9. The number of likely N-dealkylation sites (N-methyl/N-ethyl adjacent to an activating group) is 1. The summed E-state index contributed by atoms with van der Waals surface area (Å²) in [6, 6.07) is 10.5. The van der Waals surface area contributed by atoms with Gasteiger partial charge in [0.05, 0.1) is 18.4 Å². The number of fused-ring (bicyclic) bond motifs is 1. The van der Waals surface area contributed by atoms with Crippen molar-refractivity contribution in [2.45, 2.75) is 30.8 Å². The second kappa shape index (κ2) is 9.85. The molecule has 3 atom stereocenters. The molecule has 1 fully saturated rings. The Hall–Kier alpha value is -3.14. The monoisotopic (exact) mass is 494 g/mol. The minimum absolute atomic E-state index is 0.0746. The molecular formula is C26H27FN4O3S. The fraction of sp³-hybridized carbons (Fsp3) is 0.346. The number of halogens is 1. The summed E-state index contributed by atoms with van der Waals surface area (Å²) in [4.78, 5) is 31.7. The third-order valence-corrected chi connectivity index (χ3v) is 7.60. The number of hydrogen-bond acceptors (Lipinski definition) is 6. The molecule has 7 nitrogen and oxygen atoms in total. The van der Waals surface area contributed by atoms with E-state index in [2.05, 4.69) is 20.5 Å². The third kappa shape index (κ3) is 4.98. The van der Waals surface area contributed by atoms with Crippen molar-refractivity contribution in [2.24, 2.45) is 0 Å². The minimum Gasteiger partial charge on any atom is -0.392 e. The first-order valence-electron chi connectivity index (χ1n) is 11.7. The van der Waals surface area contributed by atoms with Crippen LogP contribution in [0.1, 0.15) is 34.9 Å².